The zero-order chi connectivity index (χ0) is 9.84. The molecular weight excluding hydrogens is 230 g/mol. The molecule has 0 aliphatic rings. The number of halogens is 1. The number of hydrogen-bond acceptors (Lipinski definition) is 3. The number of nitrogens with zero attached hydrogens (tertiary/aromatic N) is 2. The van der Waals surface area contributed by atoms with E-state index in [0.717, 1.165) is 17.8 Å². The summed E-state index contributed by atoms with van der Waals surface area (Å²) in [6.07, 6.45) is 0.966. The van der Waals surface area contributed by atoms with E-state index in [9.17, 15) is 0 Å². The molecule has 0 fully saturated rings. The normalized spacial score (nSPS) is 10.8. The van der Waals surface area contributed by atoms with E-state index in [1.807, 2.05) is 6.07 Å². The average Bonchev–Trinajstić information content (AvgIpc) is 2.01. The lowest BCUT2D eigenvalue weighted by atomic mass is 10.1. The third-order valence-corrected chi connectivity index (χ3v) is 1.99. The van der Waals surface area contributed by atoms with Crippen LogP contribution in [0.2, 0.25) is 0 Å². The van der Waals surface area contributed by atoms with Gasteiger partial charge in [0.25, 0.3) is 0 Å². The first-order valence-corrected chi connectivity index (χ1v) is 5.13. The first kappa shape index (κ1) is 10.6. The molecule has 0 amide bonds. The van der Waals surface area contributed by atoms with E-state index in [4.69, 9.17) is 5.73 Å². The summed E-state index contributed by atoms with van der Waals surface area (Å²) in [5.41, 5.74) is 7.45. The summed E-state index contributed by atoms with van der Waals surface area (Å²) >= 11 is 3.27. The van der Waals surface area contributed by atoms with Crippen molar-refractivity contribution in [2.45, 2.75) is 26.8 Å². The first-order valence-electron chi connectivity index (χ1n) is 4.34. The van der Waals surface area contributed by atoms with Crippen LogP contribution < -0.4 is 5.73 Å². The monoisotopic (exact) mass is 243 g/mol. The van der Waals surface area contributed by atoms with Crippen LogP contribution in [0.25, 0.3) is 0 Å². The smallest absolute Gasteiger partial charge is 0.197 e. The summed E-state index contributed by atoms with van der Waals surface area (Å²) in [7, 11) is 0. The lowest BCUT2D eigenvalue weighted by Gasteiger charge is -2.05. The summed E-state index contributed by atoms with van der Waals surface area (Å²) in [5.74, 6) is 0.604. The second kappa shape index (κ2) is 4.67. The highest BCUT2D eigenvalue weighted by atomic mass is 79.9. The van der Waals surface area contributed by atoms with Crippen molar-refractivity contribution in [3.63, 3.8) is 0 Å². The molecule has 2 N–H and O–H groups in total. The third-order valence-electron chi connectivity index (χ3n) is 1.63. The van der Waals surface area contributed by atoms with Crippen LogP contribution in [0, 0.1) is 5.92 Å². The fourth-order valence-corrected chi connectivity index (χ4v) is 1.60. The van der Waals surface area contributed by atoms with E-state index >= 15 is 0 Å². The van der Waals surface area contributed by atoms with Gasteiger partial charge in [-0.05, 0) is 34.3 Å². The van der Waals surface area contributed by atoms with Crippen molar-refractivity contribution in [1.29, 1.82) is 0 Å². The Bertz CT molecular complexity index is 286. The van der Waals surface area contributed by atoms with Gasteiger partial charge in [0.2, 0.25) is 0 Å². The Morgan fingerprint density at radius 1 is 1.38 bits per heavy atom. The van der Waals surface area contributed by atoms with Gasteiger partial charge in [0, 0.05) is 12.2 Å². The molecule has 13 heavy (non-hydrogen) atoms. The lowest BCUT2D eigenvalue weighted by molar-refractivity contribution is 0.630. The molecule has 3 nitrogen and oxygen atoms in total. The predicted octanol–water partition coefficient (Wildman–Crippen LogP) is 1.90. The van der Waals surface area contributed by atoms with Crippen LogP contribution in [0.15, 0.2) is 10.8 Å². The Morgan fingerprint density at radius 2 is 2.00 bits per heavy atom. The Balaban J connectivity index is 2.88. The number of hydrogen-bond donors (Lipinski definition) is 1. The van der Waals surface area contributed by atoms with Gasteiger partial charge in [-0.2, -0.15) is 0 Å². The molecule has 0 aliphatic carbocycles. The van der Waals surface area contributed by atoms with Crippen molar-refractivity contribution in [1.82, 2.24) is 9.97 Å². The second-order valence-electron chi connectivity index (χ2n) is 3.42. The van der Waals surface area contributed by atoms with Gasteiger partial charge in [0.15, 0.2) is 4.73 Å². The van der Waals surface area contributed by atoms with Crippen molar-refractivity contribution in [2.75, 3.05) is 0 Å². The maximum Gasteiger partial charge on any atom is 0.197 e. The summed E-state index contributed by atoms with van der Waals surface area (Å²) in [6, 6.07) is 1.96. The zero-order valence-electron chi connectivity index (χ0n) is 7.92. The molecule has 0 bridgehead atoms. The summed E-state index contributed by atoms with van der Waals surface area (Å²) < 4.78 is 0.631. The number of rotatable bonds is 3. The molecule has 1 aromatic rings. The van der Waals surface area contributed by atoms with E-state index in [0.29, 0.717) is 17.2 Å². The van der Waals surface area contributed by atoms with Crippen molar-refractivity contribution in [3.8, 4) is 0 Å². The fraction of sp³-hybridized carbons (Fsp3) is 0.556. The van der Waals surface area contributed by atoms with Crippen molar-refractivity contribution < 1.29 is 0 Å². The predicted molar refractivity (Wildman–Crippen MR) is 56.2 cm³/mol. The minimum Gasteiger partial charge on any atom is -0.325 e. The highest BCUT2D eigenvalue weighted by molar-refractivity contribution is 9.10. The van der Waals surface area contributed by atoms with Gasteiger partial charge in [-0.25, -0.2) is 9.97 Å². The van der Waals surface area contributed by atoms with Crippen LogP contribution in [-0.2, 0) is 13.0 Å². The largest absolute Gasteiger partial charge is 0.325 e. The Labute approximate surface area is 86.9 Å². The summed E-state index contributed by atoms with van der Waals surface area (Å²) in [4.78, 5) is 8.41. The minimum absolute atomic E-state index is 0.464. The van der Waals surface area contributed by atoms with Gasteiger partial charge in [-0.15, -0.1) is 0 Å². The molecule has 0 aromatic carbocycles. The highest BCUT2D eigenvalue weighted by Gasteiger charge is 2.03. The number of aromatic nitrogens is 2. The zero-order valence-corrected chi connectivity index (χ0v) is 9.50. The van der Waals surface area contributed by atoms with E-state index in [1.165, 1.54) is 0 Å². The molecule has 4 heteroatoms. The van der Waals surface area contributed by atoms with E-state index in [1.54, 1.807) is 0 Å². The molecule has 1 heterocycles. The fourth-order valence-electron chi connectivity index (χ4n) is 1.15. The molecule has 0 spiro atoms. The van der Waals surface area contributed by atoms with Crippen LogP contribution >= 0.6 is 15.9 Å². The Hall–Kier alpha value is -0.480. The number of nitrogens with two attached hydrogens (primary N) is 1. The Kier molecular flexibility index (Phi) is 3.81. The molecule has 0 saturated carbocycles. The standard InChI is InChI=1S/C9H14BrN3/c1-6(2)3-7-4-8(5-11)13-9(10)12-7/h4,6H,3,5,11H2,1-2H3. The van der Waals surface area contributed by atoms with E-state index < -0.39 is 0 Å². The maximum absolute atomic E-state index is 5.51. The van der Waals surface area contributed by atoms with Crippen molar-refractivity contribution in [3.05, 3.63) is 22.2 Å². The van der Waals surface area contributed by atoms with Crippen molar-refractivity contribution >= 4 is 15.9 Å². The highest BCUT2D eigenvalue weighted by Crippen LogP contribution is 2.10. The molecule has 0 atom stereocenters. The first-order chi connectivity index (χ1) is 6.11. The molecule has 0 aliphatic heterocycles. The van der Waals surface area contributed by atoms with Crippen LogP contribution in [0.5, 0.6) is 0 Å². The van der Waals surface area contributed by atoms with E-state index in [-0.39, 0.29) is 0 Å². The third kappa shape index (κ3) is 3.40. The van der Waals surface area contributed by atoms with Gasteiger partial charge >= 0.3 is 0 Å². The lowest BCUT2D eigenvalue weighted by Crippen LogP contribution is -2.05. The topological polar surface area (TPSA) is 51.8 Å². The van der Waals surface area contributed by atoms with Crippen LogP contribution in [0.4, 0.5) is 0 Å². The maximum atomic E-state index is 5.51. The molecule has 0 saturated heterocycles. The van der Waals surface area contributed by atoms with Crippen LogP contribution in [0.3, 0.4) is 0 Å². The summed E-state index contributed by atoms with van der Waals surface area (Å²) in [5, 5.41) is 0. The molecular formula is C9H14BrN3. The molecule has 0 radical (unpaired) electrons. The van der Waals surface area contributed by atoms with Crippen molar-refractivity contribution in [2.24, 2.45) is 11.7 Å². The molecule has 1 aromatic heterocycles. The quantitative estimate of drug-likeness (QED) is 0.826. The molecule has 72 valence electrons. The van der Waals surface area contributed by atoms with Gasteiger partial charge < -0.3 is 5.73 Å². The van der Waals surface area contributed by atoms with Gasteiger partial charge in [-0.1, -0.05) is 13.8 Å². The summed E-state index contributed by atoms with van der Waals surface area (Å²) in [6.45, 7) is 4.79. The molecule has 1 rings (SSSR count). The SMILES string of the molecule is CC(C)Cc1cc(CN)nc(Br)n1. The van der Waals surface area contributed by atoms with E-state index in [2.05, 4.69) is 39.7 Å². The Morgan fingerprint density at radius 3 is 2.54 bits per heavy atom. The van der Waals surface area contributed by atoms with Gasteiger partial charge in [-0.3, -0.25) is 0 Å². The second-order valence-corrected chi connectivity index (χ2v) is 4.13. The minimum atomic E-state index is 0.464. The van der Waals surface area contributed by atoms with Crippen LogP contribution in [-0.4, -0.2) is 9.97 Å². The van der Waals surface area contributed by atoms with Crippen LogP contribution in [0.1, 0.15) is 25.2 Å². The van der Waals surface area contributed by atoms with Gasteiger partial charge in [0.05, 0.1) is 5.69 Å². The average molecular weight is 244 g/mol. The van der Waals surface area contributed by atoms with Gasteiger partial charge in [0.1, 0.15) is 0 Å². The molecule has 0 unspecified atom stereocenters.